The Morgan fingerprint density at radius 1 is 1.35 bits per heavy atom. The van der Waals surface area contributed by atoms with Gasteiger partial charge in [-0.3, -0.25) is 0 Å². The number of carboxylic acids is 1. The standard InChI is InChI=1S/C15H16O4S/c1-11(18-9-15(16)17)8-19-14-4-2-3-12(7-14)13-5-6-20-10-13/h2-7,10-11H,8-9H2,1H3,(H,16,17). The molecule has 0 saturated heterocycles. The van der Waals surface area contributed by atoms with E-state index in [2.05, 4.69) is 11.4 Å². The van der Waals surface area contributed by atoms with E-state index in [1.54, 1.807) is 18.3 Å². The van der Waals surface area contributed by atoms with Gasteiger partial charge >= 0.3 is 5.97 Å². The number of carboxylic acid groups (broad SMARTS) is 1. The zero-order valence-electron chi connectivity index (χ0n) is 11.1. The highest BCUT2D eigenvalue weighted by atomic mass is 32.1. The fourth-order valence-electron chi connectivity index (χ4n) is 1.67. The maximum absolute atomic E-state index is 10.4. The van der Waals surface area contributed by atoms with E-state index < -0.39 is 5.97 Å². The van der Waals surface area contributed by atoms with Gasteiger partial charge in [-0.25, -0.2) is 4.79 Å². The van der Waals surface area contributed by atoms with Crippen LogP contribution in [0.4, 0.5) is 0 Å². The zero-order valence-corrected chi connectivity index (χ0v) is 11.9. The summed E-state index contributed by atoms with van der Waals surface area (Å²) in [5.74, 6) is -0.226. The maximum Gasteiger partial charge on any atom is 0.329 e. The molecule has 5 heteroatoms. The molecule has 1 aromatic heterocycles. The molecule has 2 rings (SSSR count). The van der Waals surface area contributed by atoms with E-state index in [9.17, 15) is 4.79 Å². The van der Waals surface area contributed by atoms with Crippen LogP contribution in [0, 0.1) is 0 Å². The highest BCUT2D eigenvalue weighted by molar-refractivity contribution is 7.08. The van der Waals surface area contributed by atoms with E-state index in [4.69, 9.17) is 14.6 Å². The molecule has 106 valence electrons. The molecule has 0 amide bonds. The van der Waals surface area contributed by atoms with Gasteiger partial charge in [0.2, 0.25) is 0 Å². The normalized spacial score (nSPS) is 12.1. The maximum atomic E-state index is 10.4. The van der Waals surface area contributed by atoms with Crippen molar-refractivity contribution in [3.63, 3.8) is 0 Å². The van der Waals surface area contributed by atoms with Gasteiger partial charge in [0, 0.05) is 0 Å². The molecule has 1 unspecified atom stereocenters. The number of hydrogen-bond acceptors (Lipinski definition) is 4. The number of aliphatic carboxylic acids is 1. The minimum atomic E-state index is -0.976. The van der Waals surface area contributed by atoms with E-state index in [1.807, 2.05) is 29.6 Å². The lowest BCUT2D eigenvalue weighted by molar-refractivity contribution is -0.144. The Kier molecular flexibility index (Phi) is 5.15. The van der Waals surface area contributed by atoms with Crippen molar-refractivity contribution in [1.29, 1.82) is 0 Å². The topological polar surface area (TPSA) is 55.8 Å². The molecule has 0 saturated carbocycles. The highest BCUT2D eigenvalue weighted by Crippen LogP contribution is 2.25. The summed E-state index contributed by atoms with van der Waals surface area (Å²) in [7, 11) is 0. The van der Waals surface area contributed by atoms with E-state index in [0.29, 0.717) is 6.61 Å². The van der Waals surface area contributed by atoms with Gasteiger partial charge in [0.25, 0.3) is 0 Å². The van der Waals surface area contributed by atoms with Gasteiger partial charge in [-0.05, 0) is 47.0 Å². The number of rotatable bonds is 7. The van der Waals surface area contributed by atoms with Crippen molar-refractivity contribution in [2.45, 2.75) is 13.0 Å². The van der Waals surface area contributed by atoms with E-state index in [1.165, 1.54) is 0 Å². The number of carbonyl (C=O) groups is 1. The van der Waals surface area contributed by atoms with E-state index in [0.717, 1.165) is 16.9 Å². The summed E-state index contributed by atoms with van der Waals surface area (Å²) in [6, 6.07) is 9.86. The third kappa shape index (κ3) is 4.36. The van der Waals surface area contributed by atoms with Gasteiger partial charge in [-0.1, -0.05) is 12.1 Å². The second kappa shape index (κ2) is 7.07. The van der Waals surface area contributed by atoms with E-state index >= 15 is 0 Å². The SMILES string of the molecule is CC(COc1cccc(-c2ccsc2)c1)OCC(=O)O. The molecular weight excluding hydrogens is 276 g/mol. The molecule has 1 N–H and O–H groups in total. The summed E-state index contributed by atoms with van der Waals surface area (Å²) in [6.07, 6.45) is -0.268. The average Bonchev–Trinajstić information content (AvgIpc) is 2.97. The molecule has 0 bridgehead atoms. The molecule has 1 atom stereocenters. The monoisotopic (exact) mass is 292 g/mol. The van der Waals surface area contributed by atoms with Gasteiger partial charge in [-0.2, -0.15) is 11.3 Å². The first-order chi connectivity index (χ1) is 9.65. The Morgan fingerprint density at radius 3 is 2.90 bits per heavy atom. The summed E-state index contributed by atoms with van der Waals surface area (Å²) in [5.41, 5.74) is 2.26. The first-order valence-electron chi connectivity index (χ1n) is 6.24. The van der Waals surface area contributed by atoms with Crippen LogP contribution in [0.2, 0.25) is 0 Å². The van der Waals surface area contributed by atoms with Crippen LogP contribution in [0.5, 0.6) is 5.75 Å². The largest absolute Gasteiger partial charge is 0.491 e. The fourth-order valence-corrected chi connectivity index (χ4v) is 2.33. The molecule has 2 aromatic rings. The molecule has 0 aliphatic rings. The first-order valence-corrected chi connectivity index (χ1v) is 7.18. The molecule has 0 aliphatic carbocycles. The molecule has 1 heterocycles. The number of thiophene rings is 1. The van der Waals surface area contributed by atoms with Crippen molar-refractivity contribution < 1.29 is 19.4 Å². The lowest BCUT2D eigenvalue weighted by atomic mass is 10.1. The van der Waals surface area contributed by atoms with Crippen molar-refractivity contribution >= 4 is 17.3 Å². The lowest BCUT2D eigenvalue weighted by Gasteiger charge is -2.13. The van der Waals surface area contributed by atoms with Crippen molar-refractivity contribution in [1.82, 2.24) is 0 Å². The molecular formula is C15H16O4S. The van der Waals surface area contributed by atoms with E-state index in [-0.39, 0.29) is 12.7 Å². The molecule has 4 nitrogen and oxygen atoms in total. The Balaban J connectivity index is 1.90. The van der Waals surface area contributed by atoms with Gasteiger partial charge in [0.15, 0.2) is 0 Å². The Hall–Kier alpha value is -1.85. The smallest absolute Gasteiger partial charge is 0.329 e. The van der Waals surface area contributed by atoms with Gasteiger partial charge in [0.05, 0.1) is 6.10 Å². The van der Waals surface area contributed by atoms with Crippen LogP contribution in [0.1, 0.15) is 6.92 Å². The van der Waals surface area contributed by atoms with Gasteiger partial charge in [0.1, 0.15) is 19.0 Å². The number of benzene rings is 1. The minimum absolute atomic E-state index is 0.268. The number of ether oxygens (including phenoxy) is 2. The summed E-state index contributed by atoms with van der Waals surface area (Å²) in [5, 5.41) is 12.6. The fraction of sp³-hybridized carbons (Fsp3) is 0.267. The third-order valence-electron chi connectivity index (χ3n) is 2.66. The average molecular weight is 292 g/mol. The molecule has 0 spiro atoms. The predicted octanol–water partition coefficient (Wildman–Crippen LogP) is 3.28. The second-order valence-electron chi connectivity index (χ2n) is 4.37. The zero-order chi connectivity index (χ0) is 14.4. The van der Waals surface area contributed by atoms with Crippen LogP contribution < -0.4 is 4.74 Å². The summed E-state index contributed by atoms with van der Waals surface area (Å²) < 4.78 is 10.7. The van der Waals surface area contributed by atoms with Crippen LogP contribution in [0.15, 0.2) is 41.1 Å². The summed E-state index contributed by atoms with van der Waals surface area (Å²) >= 11 is 1.65. The molecule has 1 aromatic carbocycles. The summed E-state index contributed by atoms with van der Waals surface area (Å²) in [6.45, 7) is 1.80. The minimum Gasteiger partial charge on any atom is -0.491 e. The van der Waals surface area contributed by atoms with Crippen molar-refractivity contribution in [3.8, 4) is 16.9 Å². The highest BCUT2D eigenvalue weighted by Gasteiger charge is 2.07. The number of hydrogen-bond donors (Lipinski definition) is 1. The second-order valence-corrected chi connectivity index (χ2v) is 5.15. The van der Waals surface area contributed by atoms with Crippen LogP contribution in [0.25, 0.3) is 11.1 Å². The predicted molar refractivity (Wildman–Crippen MR) is 78.3 cm³/mol. The molecule has 20 heavy (non-hydrogen) atoms. The Bertz CT molecular complexity index is 551. The quantitative estimate of drug-likeness (QED) is 0.851. The Morgan fingerprint density at radius 2 is 2.20 bits per heavy atom. The third-order valence-corrected chi connectivity index (χ3v) is 3.35. The lowest BCUT2D eigenvalue weighted by Crippen LogP contribution is -2.21. The summed E-state index contributed by atoms with van der Waals surface area (Å²) in [4.78, 5) is 10.4. The van der Waals surface area contributed by atoms with Crippen LogP contribution in [0.3, 0.4) is 0 Å². The molecule has 0 radical (unpaired) electrons. The molecule has 0 fully saturated rings. The first kappa shape index (κ1) is 14.6. The van der Waals surface area contributed by atoms with Gasteiger partial charge < -0.3 is 14.6 Å². The van der Waals surface area contributed by atoms with Crippen molar-refractivity contribution in [2.75, 3.05) is 13.2 Å². The van der Waals surface area contributed by atoms with Gasteiger partial charge in [-0.15, -0.1) is 0 Å². The van der Waals surface area contributed by atoms with Crippen LogP contribution in [-0.4, -0.2) is 30.4 Å². The van der Waals surface area contributed by atoms with Crippen LogP contribution >= 0.6 is 11.3 Å². The van der Waals surface area contributed by atoms with Crippen LogP contribution in [-0.2, 0) is 9.53 Å². The Labute approximate surface area is 121 Å². The van der Waals surface area contributed by atoms with Crippen molar-refractivity contribution in [2.24, 2.45) is 0 Å². The van der Waals surface area contributed by atoms with Crippen molar-refractivity contribution in [3.05, 3.63) is 41.1 Å². The molecule has 0 aliphatic heterocycles.